The van der Waals surface area contributed by atoms with Crippen molar-refractivity contribution in [2.75, 3.05) is 36.5 Å². The third kappa shape index (κ3) is 3.88. The summed E-state index contributed by atoms with van der Waals surface area (Å²) in [4.78, 5) is 14.5. The lowest BCUT2D eigenvalue weighted by Crippen LogP contribution is -2.36. The molecule has 0 atom stereocenters. The number of morpholine rings is 1. The Morgan fingerprint density at radius 2 is 1.70 bits per heavy atom. The molecule has 0 saturated carbocycles. The number of anilines is 2. The van der Waals surface area contributed by atoms with E-state index in [0.717, 1.165) is 43.2 Å². The second-order valence-corrected chi connectivity index (χ2v) is 5.46. The second-order valence-electron chi connectivity index (χ2n) is 5.46. The van der Waals surface area contributed by atoms with Crippen molar-refractivity contribution in [3.63, 3.8) is 0 Å². The standard InChI is InChI=1S/C18H20N2O3/c21-13-14-1-3-15(4-2-14)18(22)19-16-5-7-17(8-6-16)20-9-11-23-12-10-20/h1-8,21H,9-13H2,(H,19,22). The summed E-state index contributed by atoms with van der Waals surface area (Å²) >= 11 is 0. The van der Waals surface area contributed by atoms with E-state index < -0.39 is 0 Å². The highest BCUT2D eigenvalue weighted by atomic mass is 16.5. The van der Waals surface area contributed by atoms with E-state index in [-0.39, 0.29) is 12.5 Å². The molecular weight excluding hydrogens is 292 g/mol. The fourth-order valence-electron chi connectivity index (χ4n) is 2.54. The maximum absolute atomic E-state index is 12.2. The molecule has 0 aromatic heterocycles. The summed E-state index contributed by atoms with van der Waals surface area (Å²) in [5.74, 6) is -0.159. The number of hydrogen-bond acceptors (Lipinski definition) is 4. The summed E-state index contributed by atoms with van der Waals surface area (Å²) in [7, 11) is 0. The molecule has 2 aromatic rings. The molecule has 1 aliphatic rings. The Labute approximate surface area is 135 Å². The van der Waals surface area contributed by atoms with Crippen LogP contribution < -0.4 is 10.2 Å². The zero-order chi connectivity index (χ0) is 16.1. The molecule has 1 aliphatic heterocycles. The maximum atomic E-state index is 12.2. The van der Waals surface area contributed by atoms with E-state index in [0.29, 0.717) is 5.56 Å². The van der Waals surface area contributed by atoms with Gasteiger partial charge in [-0.2, -0.15) is 0 Å². The van der Waals surface area contributed by atoms with E-state index >= 15 is 0 Å². The molecule has 23 heavy (non-hydrogen) atoms. The zero-order valence-corrected chi connectivity index (χ0v) is 12.9. The van der Waals surface area contributed by atoms with E-state index in [1.807, 2.05) is 24.3 Å². The van der Waals surface area contributed by atoms with Gasteiger partial charge in [0.15, 0.2) is 0 Å². The van der Waals surface area contributed by atoms with E-state index in [2.05, 4.69) is 10.2 Å². The maximum Gasteiger partial charge on any atom is 0.255 e. The Kier molecular flexibility index (Phi) is 4.90. The van der Waals surface area contributed by atoms with Gasteiger partial charge >= 0.3 is 0 Å². The van der Waals surface area contributed by atoms with Gasteiger partial charge < -0.3 is 20.1 Å². The van der Waals surface area contributed by atoms with Gasteiger partial charge in [0.05, 0.1) is 19.8 Å². The Morgan fingerprint density at radius 1 is 1.04 bits per heavy atom. The number of nitrogens with one attached hydrogen (secondary N) is 1. The number of carbonyl (C=O) groups excluding carboxylic acids is 1. The minimum absolute atomic E-state index is 0.0229. The predicted molar refractivity (Wildman–Crippen MR) is 89.8 cm³/mol. The smallest absolute Gasteiger partial charge is 0.255 e. The molecular formula is C18H20N2O3. The largest absolute Gasteiger partial charge is 0.392 e. The molecule has 0 aliphatic carbocycles. The molecule has 1 saturated heterocycles. The van der Waals surface area contributed by atoms with Crippen LogP contribution in [-0.4, -0.2) is 37.3 Å². The monoisotopic (exact) mass is 312 g/mol. The molecule has 2 N–H and O–H groups in total. The van der Waals surface area contributed by atoms with Crippen LogP contribution in [-0.2, 0) is 11.3 Å². The van der Waals surface area contributed by atoms with Crippen molar-refractivity contribution in [1.82, 2.24) is 0 Å². The van der Waals surface area contributed by atoms with Crippen molar-refractivity contribution in [1.29, 1.82) is 0 Å². The molecule has 5 nitrogen and oxygen atoms in total. The molecule has 0 unspecified atom stereocenters. The van der Waals surface area contributed by atoms with Crippen LogP contribution in [0.15, 0.2) is 48.5 Å². The predicted octanol–water partition coefficient (Wildman–Crippen LogP) is 2.27. The van der Waals surface area contributed by atoms with E-state index in [1.54, 1.807) is 24.3 Å². The quantitative estimate of drug-likeness (QED) is 0.909. The Morgan fingerprint density at radius 3 is 2.30 bits per heavy atom. The van der Waals surface area contributed by atoms with Crippen molar-refractivity contribution in [3.8, 4) is 0 Å². The summed E-state index contributed by atoms with van der Waals surface area (Å²) in [6.45, 7) is 3.27. The first-order valence-corrected chi connectivity index (χ1v) is 7.70. The lowest BCUT2D eigenvalue weighted by atomic mass is 10.1. The van der Waals surface area contributed by atoms with Gasteiger partial charge in [-0.1, -0.05) is 12.1 Å². The van der Waals surface area contributed by atoms with Gasteiger partial charge in [0.1, 0.15) is 0 Å². The average molecular weight is 312 g/mol. The number of amides is 1. The lowest BCUT2D eigenvalue weighted by molar-refractivity contribution is 0.102. The first-order valence-electron chi connectivity index (χ1n) is 7.70. The molecule has 0 spiro atoms. The molecule has 0 radical (unpaired) electrons. The van der Waals surface area contributed by atoms with Gasteiger partial charge in [-0.25, -0.2) is 0 Å². The molecule has 3 rings (SSSR count). The van der Waals surface area contributed by atoms with E-state index in [9.17, 15) is 4.79 Å². The van der Waals surface area contributed by atoms with Crippen LogP contribution in [0.2, 0.25) is 0 Å². The van der Waals surface area contributed by atoms with Gasteiger partial charge in [-0.3, -0.25) is 4.79 Å². The molecule has 2 aromatic carbocycles. The Hall–Kier alpha value is -2.37. The van der Waals surface area contributed by atoms with Crippen LogP contribution in [0.1, 0.15) is 15.9 Å². The van der Waals surface area contributed by atoms with Crippen molar-refractivity contribution >= 4 is 17.3 Å². The number of rotatable bonds is 4. The average Bonchev–Trinajstić information content (AvgIpc) is 2.63. The molecule has 0 bridgehead atoms. The molecule has 1 heterocycles. The number of aliphatic hydroxyl groups excluding tert-OH is 1. The van der Waals surface area contributed by atoms with Crippen LogP contribution >= 0.6 is 0 Å². The SMILES string of the molecule is O=C(Nc1ccc(N2CCOCC2)cc1)c1ccc(CO)cc1. The van der Waals surface area contributed by atoms with Crippen LogP contribution in [0.25, 0.3) is 0 Å². The first kappa shape index (κ1) is 15.5. The summed E-state index contributed by atoms with van der Waals surface area (Å²) in [5, 5.41) is 11.9. The summed E-state index contributed by atoms with van der Waals surface area (Å²) in [6.07, 6.45) is 0. The van der Waals surface area contributed by atoms with Crippen LogP contribution in [0.4, 0.5) is 11.4 Å². The Balaban J connectivity index is 1.63. The highest BCUT2D eigenvalue weighted by Gasteiger charge is 2.11. The van der Waals surface area contributed by atoms with Gasteiger partial charge in [0.25, 0.3) is 5.91 Å². The highest BCUT2D eigenvalue weighted by molar-refractivity contribution is 6.04. The van der Waals surface area contributed by atoms with Crippen molar-refractivity contribution < 1.29 is 14.6 Å². The molecule has 5 heteroatoms. The lowest BCUT2D eigenvalue weighted by Gasteiger charge is -2.28. The zero-order valence-electron chi connectivity index (χ0n) is 12.9. The topological polar surface area (TPSA) is 61.8 Å². The van der Waals surface area contributed by atoms with Gasteiger partial charge in [0.2, 0.25) is 0 Å². The minimum Gasteiger partial charge on any atom is -0.392 e. The van der Waals surface area contributed by atoms with Gasteiger partial charge in [-0.05, 0) is 42.0 Å². The number of benzene rings is 2. The highest BCUT2D eigenvalue weighted by Crippen LogP contribution is 2.19. The molecule has 1 fully saturated rings. The van der Waals surface area contributed by atoms with Crippen LogP contribution in [0, 0.1) is 0 Å². The van der Waals surface area contributed by atoms with E-state index in [4.69, 9.17) is 9.84 Å². The number of nitrogens with zero attached hydrogens (tertiary/aromatic N) is 1. The first-order chi connectivity index (χ1) is 11.3. The third-order valence-corrected chi connectivity index (χ3v) is 3.90. The van der Waals surface area contributed by atoms with Crippen molar-refractivity contribution in [2.45, 2.75) is 6.61 Å². The number of ether oxygens (including phenoxy) is 1. The second kappa shape index (κ2) is 7.26. The summed E-state index contributed by atoms with van der Waals surface area (Å²) in [5.41, 5.74) is 3.26. The molecule has 120 valence electrons. The number of carbonyl (C=O) groups is 1. The number of hydrogen-bond donors (Lipinski definition) is 2. The minimum atomic E-state index is -0.159. The summed E-state index contributed by atoms with van der Waals surface area (Å²) < 4.78 is 5.35. The van der Waals surface area contributed by atoms with Gasteiger partial charge in [-0.15, -0.1) is 0 Å². The van der Waals surface area contributed by atoms with Crippen molar-refractivity contribution in [2.24, 2.45) is 0 Å². The normalized spacial score (nSPS) is 14.6. The van der Waals surface area contributed by atoms with Gasteiger partial charge in [0, 0.05) is 30.0 Å². The van der Waals surface area contributed by atoms with Crippen LogP contribution in [0.3, 0.4) is 0 Å². The number of aliphatic hydroxyl groups is 1. The fraction of sp³-hybridized carbons (Fsp3) is 0.278. The summed E-state index contributed by atoms with van der Waals surface area (Å²) in [6, 6.07) is 14.8. The fourth-order valence-corrected chi connectivity index (χ4v) is 2.54. The Bertz CT molecular complexity index is 647. The van der Waals surface area contributed by atoms with E-state index in [1.165, 1.54) is 0 Å². The molecule has 1 amide bonds. The van der Waals surface area contributed by atoms with Crippen LogP contribution in [0.5, 0.6) is 0 Å². The van der Waals surface area contributed by atoms with Crippen molar-refractivity contribution in [3.05, 3.63) is 59.7 Å². The third-order valence-electron chi connectivity index (χ3n) is 3.90.